The minimum absolute atomic E-state index is 0.131. The van der Waals surface area contributed by atoms with Gasteiger partial charge in [0.2, 0.25) is 17.7 Å². The molecular weight excluding hydrogens is 336 g/mol. The van der Waals surface area contributed by atoms with Gasteiger partial charge in [-0.2, -0.15) is 0 Å². The molecule has 0 spiro atoms. The first-order valence-corrected chi connectivity index (χ1v) is 7.65. The molecule has 1 aliphatic heterocycles. The molecule has 1 atom stereocenters. The molecule has 0 saturated carbocycles. The zero-order valence-electron chi connectivity index (χ0n) is 11.8. The van der Waals surface area contributed by atoms with Gasteiger partial charge in [0.15, 0.2) is 0 Å². The zero-order valence-corrected chi connectivity index (χ0v) is 13.4. The number of halogens is 1. The van der Waals surface area contributed by atoms with Crippen molar-refractivity contribution >= 4 is 33.7 Å². The van der Waals surface area contributed by atoms with E-state index in [1.54, 1.807) is 0 Å². The molecule has 0 aromatic heterocycles. The Kier molecular flexibility index (Phi) is 5.12. The summed E-state index contributed by atoms with van der Waals surface area (Å²) >= 11 is 3.45. The number of likely N-dealkylation sites (tertiary alicyclic amines) is 1. The molecule has 3 amide bonds. The van der Waals surface area contributed by atoms with Gasteiger partial charge in [-0.3, -0.25) is 19.3 Å². The molecule has 0 aliphatic carbocycles. The van der Waals surface area contributed by atoms with Crippen molar-refractivity contribution in [2.75, 3.05) is 6.54 Å². The first kappa shape index (κ1) is 15.7. The number of nitrogens with one attached hydrogen (secondary N) is 1. The van der Waals surface area contributed by atoms with E-state index in [1.807, 2.05) is 31.2 Å². The number of amides is 3. The van der Waals surface area contributed by atoms with E-state index >= 15 is 0 Å². The van der Waals surface area contributed by atoms with E-state index in [2.05, 4.69) is 21.2 Å². The van der Waals surface area contributed by atoms with Crippen LogP contribution >= 0.6 is 15.9 Å². The van der Waals surface area contributed by atoms with Crippen molar-refractivity contribution in [1.29, 1.82) is 0 Å². The van der Waals surface area contributed by atoms with Crippen molar-refractivity contribution in [3.63, 3.8) is 0 Å². The van der Waals surface area contributed by atoms with Gasteiger partial charge in [0.25, 0.3) is 0 Å². The second kappa shape index (κ2) is 6.85. The maximum absolute atomic E-state index is 11.9. The Morgan fingerprint density at radius 3 is 2.52 bits per heavy atom. The Balaban J connectivity index is 1.86. The highest BCUT2D eigenvalue weighted by Gasteiger charge is 2.28. The molecule has 1 heterocycles. The average molecular weight is 353 g/mol. The largest absolute Gasteiger partial charge is 0.349 e. The molecule has 21 heavy (non-hydrogen) atoms. The van der Waals surface area contributed by atoms with E-state index in [-0.39, 0.29) is 49.6 Å². The normalized spacial score (nSPS) is 16.2. The molecule has 1 unspecified atom stereocenters. The standard InChI is InChI=1S/C15H17BrN2O3/c1-10(11-4-2-3-5-12(11)16)17-13(19)8-9-18-14(20)6-7-15(18)21/h2-5,10H,6-9H2,1H3,(H,17,19). The lowest BCUT2D eigenvalue weighted by Crippen LogP contribution is -2.34. The van der Waals surface area contributed by atoms with Gasteiger partial charge >= 0.3 is 0 Å². The first-order chi connectivity index (χ1) is 9.99. The predicted octanol–water partition coefficient (Wildman–Crippen LogP) is 2.17. The molecular formula is C15H17BrN2O3. The lowest BCUT2D eigenvalue weighted by molar-refractivity contribution is -0.138. The van der Waals surface area contributed by atoms with Crippen LogP contribution in [0.2, 0.25) is 0 Å². The number of hydrogen-bond donors (Lipinski definition) is 1. The van der Waals surface area contributed by atoms with Crippen LogP contribution in [-0.2, 0) is 14.4 Å². The van der Waals surface area contributed by atoms with E-state index < -0.39 is 0 Å². The van der Waals surface area contributed by atoms with E-state index in [9.17, 15) is 14.4 Å². The molecule has 1 saturated heterocycles. The summed E-state index contributed by atoms with van der Waals surface area (Å²) < 4.78 is 0.933. The highest BCUT2D eigenvalue weighted by Crippen LogP contribution is 2.22. The summed E-state index contributed by atoms with van der Waals surface area (Å²) in [6.07, 6.45) is 0.647. The van der Waals surface area contributed by atoms with E-state index in [0.717, 1.165) is 10.0 Å². The van der Waals surface area contributed by atoms with E-state index in [1.165, 1.54) is 4.90 Å². The summed E-state index contributed by atoms with van der Waals surface area (Å²) in [5, 5.41) is 2.87. The molecule has 0 radical (unpaired) electrons. The SMILES string of the molecule is CC(NC(=O)CCN1C(=O)CCC1=O)c1ccccc1Br. The van der Waals surface area contributed by atoms with Gasteiger partial charge in [0.05, 0.1) is 6.04 Å². The summed E-state index contributed by atoms with van der Waals surface area (Å²) in [7, 11) is 0. The monoisotopic (exact) mass is 352 g/mol. The van der Waals surface area contributed by atoms with Crippen molar-refractivity contribution in [3.8, 4) is 0 Å². The van der Waals surface area contributed by atoms with Crippen molar-refractivity contribution in [3.05, 3.63) is 34.3 Å². The van der Waals surface area contributed by atoms with Crippen molar-refractivity contribution in [1.82, 2.24) is 10.2 Å². The average Bonchev–Trinajstić information content (AvgIpc) is 2.76. The lowest BCUT2D eigenvalue weighted by Gasteiger charge is -2.17. The van der Waals surface area contributed by atoms with Gasteiger partial charge in [0, 0.05) is 30.3 Å². The minimum atomic E-state index is -0.188. The van der Waals surface area contributed by atoms with Gasteiger partial charge in [-0.25, -0.2) is 0 Å². The molecule has 0 bridgehead atoms. The highest BCUT2D eigenvalue weighted by atomic mass is 79.9. The van der Waals surface area contributed by atoms with Crippen LogP contribution in [0.3, 0.4) is 0 Å². The summed E-state index contributed by atoms with van der Waals surface area (Å²) in [5.41, 5.74) is 0.985. The number of carbonyl (C=O) groups is 3. The minimum Gasteiger partial charge on any atom is -0.349 e. The number of carbonyl (C=O) groups excluding carboxylic acids is 3. The van der Waals surface area contributed by atoms with Crippen LogP contribution in [0.1, 0.15) is 37.8 Å². The van der Waals surface area contributed by atoms with Gasteiger partial charge < -0.3 is 5.32 Å². The fourth-order valence-electron chi connectivity index (χ4n) is 2.30. The van der Waals surface area contributed by atoms with Gasteiger partial charge in [-0.05, 0) is 18.6 Å². The van der Waals surface area contributed by atoms with Crippen molar-refractivity contribution < 1.29 is 14.4 Å². The van der Waals surface area contributed by atoms with Gasteiger partial charge in [0.1, 0.15) is 0 Å². The van der Waals surface area contributed by atoms with E-state index in [4.69, 9.17) is 0 Å². The number of imide groups is 1. The summed E-state index contributed by atoms with van der Waals surface area (Å²) in [5.74, 6) is -0.552. The molecule has 6 heteroatoms. The third-order valence-electron chi connectivity index (χ3n) is 3.47. The maximum Gasteiger partial charge on any atom is 0.229 e. The molecule has 5 nitrogen and oxygen atoms in total. The highest BCUT2D eigenvalue weighted by molar-refractivity contribution is 9.10. The maximum atomic E-state index is 11.9. The molecule has 2 rings (SSSR count). The quantitative estimate of drug-likeness (QED) is 0.825. The van der Waals surface area contributed by atoms with Crippen LogP contribution in [0.15, 0.2) is 28.7 Å². The number of rotatable bonds is 5. The van der Waals surface area contributed by atoms with Crippen molar-refractivity contribution in [2.24, 2.45) is 0 Å². The van der Waals surface area contributed by atoms with E-state index in [0.29, 0.717) is 0 Å². The second-order valence-electron chi connectivity index (χ2n) is 5.00. The van der Waals surface area contributed by atoms with Crippen LogP contribution < -0.4 is 5.32 Å². The summed E-state index contributed by atoms with van der Waals surface area (Å²) in [4.78, 5) is 36.0. The molecule has 1 aromatic carbocycles. The Morgan fingerprint density at radius 1 is 1.29 bits per heavy atom. The molecule has 1 fully saturated rings. The molecule has 1 aromatic rings. The first-order valence-electron chi connectivity index (χ1n) is 6.86. The number of nitrogens with zero attached hydrogens (tertiary/aromatic N) is 1. The zero-order chi connectivity index (χ0) is 15.4. The smallest absolute Gasteiger partial charge is 0.229 e. The third-order valence-corrected chi connectivity index (χ3v) is 4.19. The summed E-state index contributed by atoms with van der Waals surface area (Å²) in [6.45, 7) is 2.05. The Morgan fingerprint density at radius 2 is 1.90 bits per heavy atom. The molecule has 112 valence electrons. The Hall–Kier alpha value is -1.69. The van der Waals surface area contributed by atoms with Crippen LogP contribution in [0.5, 0.6) is 0 Å². The van der Waals surface area contributed by atoms with Crippen LogP contribution in [0.25, 0.3) is 0 Å². The Bertz CT molecular complexity index is 558. The fraction of sp³-hybridized carbons (Fsp3) is 0.400. The second-order valence-corrected chi connectivity index (χ2v) is 5.85. The lowest BCUT2D eigenvalue weighted by atomic mass is 10.1. The predicted molar refractivity (Wildman–Crippen MR) is 81.3 cm³/mol. The van der Waals surface area contributed by atoms with Gasteiger partial charge in [-0.15, -0.1) is 0 Å². The Labute approximate surface area is 131 Å². The fourth-order valence-corrected chi connectivity index (χ4v) is 2.93. The molecule has 1 aliphatic rings. The number of hydrogen-bond acceptors (Lipinski definition) is 3. The third kappa shape index (κ3) is 3.91. The van der Waals surface area contributed by atoms with Crippen LogP contribution in [0.4, 0.5) is 0 Å². The summed E-state index contributed by atoms with van der Waals surface area (Å²) in [6, 6.07) is 7.53. The molecule has 1 N–H and O–H groups in total. The number of benzene rings is 1. The topological polar surface area (TPSA) is 66.5 Å². The van der Waals surface area contributed by atoms with Crippen LogP contribution in [0, 0.1) is 0 Å². The van der Waals surface area contributed by atoms with Gasteiger partial charge in [-0.1, -0.05) is 34.1 Å². The van der Waals surface area contributed by atoms with Crippen LogP contribution in [-0.4, -0.2) is 29.2 Å². The van der Waals surface area contributed by atoms with Crippen molar-refractivity contribution in [2.45, 2.75) is 32.2 Å².